The number of anilines is 2. The van der Waals surface area contributed by atoms with Gasteiger partial charge in [-0.15, -0.1) is 11.8 Å². The first kappa shape index (κ1) is 14.2. The Kier molecular flexibility index (Phi) is 5.10. The van der Waals surface area contributed by atoms with E-state index < -0.39 is 0 Å². The van der Waals surface area contributed by atoms with Gasteiger partial charge < -0.3 is 15.8 Å². The van der Waals surface area contributed by atoms with E-state index in [-0.39, 0.29) is 5.91 Å². The Bertz CT molecular complexity index is 425. The van der Waals surface area contributed by atoms with Crippen LogP contribution in [0, 0.1) is 6.92 Å². The number of para-hydroxylation sites is 1. The van der Waals surface area contributed by atoms with Crippen LogP contribution >= 0.6 is 11.8 Å². The first-order chi connectivity index (χ1) is 9.16. The normalized spacial score (nSPS) is 16.3. The van der Waals surface area contributed by atoms with Crippen LogP contribution in [-0.4, -0.2) is 30.1 Å². The SMILES string of the molecule is Cc1cccc(N)c1NC(=O)CSC1CCOCC1. The molecule has 3 N–H and O–H groups in total. The summed E-state index contributed by atoms with van der Waals surface area (Å²) in [6, 6.07) is 5.63. The van der Waals surface area contributed by atoms with Crippen molar-refractivity contribution in [2.24, 2.45) is 0 Å². The standard InChI is InChI=1S/C14H20N2O2S/c1-10-3-2-4-12(15)14(10)16-13(17)9-19-11-5-7-18-8-6-11/h2-4,11H,5-9,15H2,1H3,(H,16,17). The Hall–Kier alpha value is -1.20. The van der Waals surface area contributed by atoms with Crippen molar-refractivity contribution in [3.63, 3.8) is 0 Å². The Morgan fingerprint density at radius 1 is 1.47 bits per heavy atom. The van der Waals surface area contributed by atoms with Crippen LogP contribution in [-0.2, 0) is 9.53 Å². The molecule has 0 radical (unpaired) electrons. The molecule has 0 atom stereocenters. The highest BCUT2D eigenvalue weighted by Crippen LogP contribution is 2.25. The molecule has 1 amide bonds. The van der Waals surface area contributed by atoms with E-state index in [0.29, 0.717) is 16.7 Å². The number of nitrogens with two attached hydrogens (primary N) is 1. The molecular formula is C14H20N2O2S. The summed E-state index contributed by atoms with van der Waals surface area (Å²) in [5.41, 5.74) is 8.21. The Balaban J connectivity index is 1.83. The highest BCUT2D eigenvalue weighted by Gasteiger charge is 2.16. The van der Waals surface area contributed by atoms with Crippen molar-refractivity contribution in [2.45, 2.75) is 25.0 Å². The maximum Gasteiger partial charge on any atom is 0.234 e. The van der Waals surface area contributed by atoms with Crippen LogP contribution in [0.2, 0.25) is 0 Å². The van der Waals surface area contributed by atoms with Gasteiger partial charge in [-0.05, 0) is 31.4 Å². The van der Waals surface area contributed by atoms with E-state index in [1.54, 1.807) is 17.8 Å². The summed E-state index contributed by atoms with van der Waals surface area (Å²) in [6.07, 6.45) is 2.06. The molecule has 4 nitrogen and oxygen atoms in total. The third kappa shape index (κ3) is 4.14. The molecule has 0 bridgehead atoms. The Morgan fingerprint density at radius 3 is 2.89 bits per heavy atom. The summed E-state index contributed by atoms with van der Waals surface area (Å²) in [4.78, 5) is 11.9. The van der Waals surface area contributed by atoms with Gasteiger partial charge in [-0.3, -0.25) is 4.79 Å². The molecule has 1 fully saturated rings. The molecule has 1 heterocycles. The molecule has 1 aromatic rings. The summed E-state index contributed by atoms with van der Waals surface area (Å²) < 4.78 is 5.30. The van der Waals surface area contributed by atoms with Crippen LogP contribution < -0.4 is 11.1 Å². The minimum absolute atomic E-state index is 0.0116. The third-order valence-corrected chi connectivity index (χ3v) is 4.56. The van der Waals surface area contributed by atoms with Crippen LogP contribution in [0.3, 0.4) is 0 Å². The van der Waals surface area contributed by atoms with E-state index >= 15 is 0 Å². The maximum atomic E-state index is 11.9. The second kappa shape index (κ2) is 6.82. The first-order valence-electron chi connectivity index (χ1n) is 6.51. The van der Waals surface area contributed by atoms with Crippen LogP contribution in [0.4, 0.5) is 11.4 Å². The number of nitrogen functional groups attached to an aromatic ring is 1. The van der Waals surface area contributed by atoms with Gasteiger partial charge in [-0.2, -0.15) is 0 Å². The van der Waals surface area contributed by atoms with E-state index in [1.165, 1.54) is 0 Å². The van der Waals surface area contributed by atoms with Crippen molar-refractivity contribution in [2.75, 3.05) is 30.0 Å². The largest absolute Gasteiger partial charge is 0.397 e. The van der Waals surface area contributed by atoms with Crippen LogP contribution in [0.5, 0.6) is 0 Å². The number of rotatable bonds is 4. The highest BCUT2D eigenvalue weighted by molar-refractivity contribution is 8.00. The van der Waals surface area contributed by atoms with E-state index in [1.807, 2.05) is 19.1 Å². The topological polar surface area (TPSA) is 64.3 Å². The molecule has 2 rings (SSSR count). The van der Waals surface area contributed by atoms with Gasteiger partial charge >= 0.3 is 0 Å². The zero-order valence-electron chi connectivity index (χ0n) is 11.1. The van der Waals surface area contributed by atoms with E-state index in [2.05, 4.69) is 5.32 Å². The smallest absolute Gasteiger partial charge is 0.234 e. The lowest BCUT2D eigenvalue weighted by atomic mass is 10.1. The number of amides is 1. The van der Waals surface area contributed by atoms with Gasteiger partial charge in [-0.1, -0.05) is 12.1 Å². The van der Waals surface area contributed by atoms with Gasteiger partial charge in [0.25, 0.3) is 0 Å². The third-order valence-electron chi connectivity index (χ3n) is 3.19. The van der Waals surface area contributed by atoms with Crippen molar-refractivity contribution >= 4 is 29.0 Å². The zero-order chi connectivity index (χ0) is 13.7. The van der Waals surface area contributed by atoms with Gasteiger partial charge in [0.1, 0.15) is 0 Å². The lowest BCUT2D eigenvalue weighted by Gasteiger charge is -2.21. The maximum absolute atomic E-state index is 11.9. The number of carbonyl (C=O) groups excluding carboxylic acids is 1. The number of nitrogens with one attached hydrogen (secondary N) is 1. The molecule has 1 aromatic carbocycles. The fourth-order valence-corrected chi connectivity index (χ4v) is 3.06. The molecular weight excluding hydrogens is 260 g/mol. The quantitative estimate of drug-likeness (QED) is 0.831. The predicted octanol–water partition coefficient (Wildman–Crippen LogP) is 2.43. The molecule has 1 saturated heterocycles. The molecule has 0 aliphatic carbocycles. The number of aryl methyl sites for hydroxylation is 1. The molecule has 0 aromatic heterocycles. The lowest BCUT2D eigenvalue weighted by Crippen LogP contribution is -2.22. The second-order valence-corrected chi connectivity index (χ2v) is 6.00. The highest BCUT2D eigenvalue weighted by atomic mass is 32.2. The zero-order valence-corrected chi connectivity index (χ0v) is 12.0. The average Bonchev–Trinajstić information content (AvgIpc) is 2.42. The first-order valence-corrected chi connectivity index (χ1v) is 7.56. The number of hydrogen-bond acceptors (Lipinski definition) is 4. The number of benzene rings is 1. The van der Waals surface area contributed by atoms with Crippen molar-refractivity contribution in [1.29, 1.82) is 0 Å². The van der Waals surface area contributed by atoms with Crippen LogP contribution in [0.15, 0.2) is 18.2 Å². The molecule has 0 spiro atoms. The second-order valence-electron chi connectivity index (χ2n) is 4.71. The van der Waals surface area contributed by atoms with Gasteiger partial charge in [0.15, 0.2) is 0 Å². The monoisotopic (exact) mass is 280 g/mol. The van der Waals surface area contributed by atoms with E-state index in [0.717, 1.165) is 37.3 Å². The van der Waals surface area contributed by atoms with Crippen LogP contribution in [0.1, 0.15) is 18.4 Å². The fourth-order valence-electron chi connectivity index (χ4n) is 2.07. The summed E-state index contributed by atoms with van der Waals surface area (Å²) in [7, 11) is 0. The fraction of sp³-hybridized carbons (Fsp3) is 0.500. The van der Waals surface area contributed by atoms with Gasteiger partial charge in [0, 0.05) is 18.5 Å². The van der Waals surface area contributed by atoms with Crippen molar-refractivity contribution < 1.29 is 9.53 Å². The Labute approximate surface area is 118 Å². The number of hydrogen-bond donors (Lipinski definition) is 2. The molecule has 1 aliphatic rings. The molecule has 104 valence electrons. The summed E-state index contributed by atoms with van der Waals surface area (Å²) in [5.74, 6) is 0.482. The lowest BCUT2D eigenvalue weighted by molar-refractivity contribution is -0.113. The molecule has 0 saturated carbocycles. The number of thioether (sulfide) groups is 1. The average molecular weight is 280 g/mol. The molecule has 5 heteroatoms. The molecule has 0 unspecified atom stereocenters. The number of ether oxygens (including phenoxy) is 1. The van der Waals surface area contributed by atoms with Gasteiger partial charge in [-0.25, -0.2) is 0 Å². The van der Waals surface area contributed by atoms with E-state index in [4.69, 9.17) is 10.5 Å². The molecule has 1 aliphatic heterocycles. The number of carbonyl (C=O) groups is 1. The Morgan fingerprint density at radius 2 is 2.21 bits per heavy atom. The molecule has 19 heavy (non-hydrogen) atoms. The van der Waals surface area contributed by atoms with Crippen molar-refractivity contribution in [3.05, 3.63) is 23.8 Å². The van der Waals surface area contributed by atoms with Crippen LogP contribution in [0.25, 0.3) is 0 Å². The van der Waals surface area contributed by atoms with Crippen molar-refractivity contribution in [3.8, 4) is 0 Å². The summed E-state index contributed by atoms with van der Waals surface area (Å²) in [6.45, 7) is 3.56. The summed E-state index contributed by atoms with van der Waals surface area (Å²) >= 11 is 1.70. The van der Waals surface area contributed by atoms with Crippen molar-refractivity contribution in [1.82, 2.24) is 0 Å². The minimum Gasteiger partial charge on any atom is -0.397 e. The summed E-state index contributed by atoms with van der Waals surface area (Å²) in [5, 5.41) is 3.44. The minimum atomic E-state index is 0.0116. The predicted molar refractivity (Wildman–Crippen MR) is 80.5 cm³/mol. The van der Waals surface area contributed by atoms with E-state index in [9.17, 15) is 4.79 Å². The van der Waals surface area contributed by atoms with Gasteiger partial charge in [0.2, 0.25) is 5.91 Å². The van der Waals surface area contributed by atoms with Gasteiger partial charge in [0.05, 0.1) is 17.1 Å².